The molecule has 0 aliphatic carbocycles. The summed E-state index contributed by atoms with van der Waals surface area (Å²) in [5.41, 5.74) is 0.0681. The molecule has 0 saturated carbocycles. The fourth-order valence-electron chi connectivity index (χ4n) is 2.42. The predicted molar refractivity (Wildman–Crippen MR) is 101 cm³/mol. The van der Waals surface area contributed by atoms with Crippen LogP contribution in [0.5, 0.6) is 0 Å². The van der Waals surface area contributed by atoms with Crippen LogP contribution in [-0.2, 0) is 22.1 Å². The molecule has 0 fully saturated rings. The summed E-state index contributed by atoms with van der Waals surface area (Å²) in [4.78, 5) is 25.0. The van der Waals surface area contributed by atoms with Crippen LogP contribution in [-0.4, -0.2) is 36.0 Å². The first-order valence-electron chi connectivity index (χ1n) is 7.64. The van der Waals surface area contributed by atoms with Gasteiger partial charge in [-0.25, -0.2) is 8.42 Å². The molecule has 2 aromatic rings. The van der Waals surface area contributed by atoms with Gasteiger partial charge < -0.3 is 5.10 Å². The van der Waals surface area contributed by atoms with E-state index in [9.17, 15) is 18.0 Å². The molecule has 1 N–H and O–H groups in total. The van der Waals surface area contributed by atoms with Crippen molar-refractivity contribution in [1.29, 1.82) is 0 Å². The van der Waals surface area contributed by atoms with Gasteiger partial charge in [0.1, 0.15) is 5.56 Å². The van der Waals surface area contributed by atoms with Crippen molar-refractivity contribution in [1.82, 2.24) is 9.78 Å². The molecule has 0 bridgehead atoms. The number of nitrogens with zero attached hydrogens (tertiary/aromatic N) is 1. The van der Waals surface area contributed by atoms with E-state index >= 15 is 0 Å². The molecule has 1 aromatic carbocycles. The quantitative estimate of drug-likeness (QED) is 0.719. The number of aryl methyl sites for hydroxylation is 1. The average molecular weight is 403 g/mol. The lowest BCUT2D eigenvalue weighted by Gasteiger charge is -2.12. The van der Waals surface area contributed by atoms with Crippen molar-refractivity contribution in [3.8, 4) is 0 Å². The molecule has 136 valence electrons. The van der Waals surface area contributed by atoms with Crippen molar-refractivity contribution in [3.05, 3.63) is 50.4 Å². The minimum Gasteiger partial charge on any atom is -0.302 e. The smallest absolute Gasteiger partial charge is 0.277 e. The topological polar surface area (TPSA) is 89.0 Å². The molecule has 0 radical (unpaired) electrons. The van der Waals surface area contributed by atoms with E-state index in [0.717, 1.165) is 12.0 Å². The number of hydrogen-bond acceptors (Lipinski definition) is 5. The largest absolute Gasteiger partial charge is 0.302 e. The maximum atomic E-state index is 12.7. The number of ketones is 1. The fraction of sp³-hybridized carbons (Fsp3) is 0.375. The lowest BCUT2D eigenvalue weighted by Crippen LogP contribution is -2.21. The van der Waals surface area contributed by atoms with Gasteiger partial charge in [-0.2, -0.15) is 11.8 Å². The van der Waals surface area contributed by atoms with E-state index in [1.165, 1.54) is 34.8 Å². The third kappa shape index (κ3) is 4.02. The van der Waals surface area contributed by atoms with Crippen LogP contribution in [0.3, 0.4) is 0 Å². The van der Waals surface area contributed by atoms with Crippen molar-refractivity contribution in [2.75, 3.05) is 12.0 Å². The number of carbonyl (C=O) groups is 1. The lowest BCUT2D eigenvalue weighted by molar-refractivity contribution is 0.103. The molecule has 0 unspecified atom stereocenters. The van der Waals surface area contributed by atoms with Crippen molar-refractivity contribution in [2.24, 2.45) is 0 Å². The maximum Gasteiger partial charge on any atom is 0.277 e. The highest BCUT2D eigenvalue weighted by Crippen LogP contribution is 2.32. The molecule has 1 aromatic heterocycles. The van der Waals surface area contributed by atoms with Gasteiger partial charge in [0, 0.05) is 30.3 Å². The first-order chi connectivity index (χ1) is 11.7. The van der Waals surface area contributed by atoms with Crippen LogP contribution in [0.15, 0.2) is 28.0 Å². The first kappa shape index (κ1) is 19.8. The Kier molecular flexibility index (Phi) is 6.18. The van der Waals surface area contributed by atoms with Crippen LogP contribution in [0.4, 0.5) is 0 Å². The number of hydrogen-bond donors (Lipinski definition) is 1. The Bertz CT molecular complexity index is 961. The Morgan fingerprint density at radius 2 is 1.96 bits per heavy atom. The van der Waals surface area contributed by atoms with Crippen molar-refractivity contribution < 1.29 is 13.2 Å². The van der Waals surface area contributed by atoms with Gasteiger partial charge in [-0.1, -0.05) is 18.5 Å². The van der Waals surface area contributed by atoms with Crippen molar-refractivity contribution in [3.63, 3.8) is 0 Å². The lowest BCUT2D eigenvalue weighted by atomic mass is 10.0. The number of sulfone groups is 1. The molecule has 1 heterocycles. The van der Waals surface area contributed by atoms with E-state index < -0.39 is 21.2 Å². The first-order valence-corrected chi connectivity index (χ1v) is 11.1. The normalized spacial score (nSPS) is 11.7. The van der Waals surface area contributed by atoms with Crippen molar-refractivity contribution >= 4 is 39.0 Å². The van der Waals surface area contributed by atoms with Gasteiger partial charge in [0.2, 0.25) is 5.78 Å². The van der Waals surface area contributed by atoms with Crippen LogP contribution in [0.25, 0.3) is 0 Å². The van der Waals surface area contributed by atoms with E-state index in [1.807, 2.05) is 6.92 Å². The summed E-state index contributed by atoms with van der Waals surface area (Å²) in [6, 6.07) is 2.74. The van der Waals surface area contributed by atoms with E-state index in [2.05, 4.69) is 5.10 Å². The van der Waals surface area contributed by atoms with Crippen molar-refractivity contribution in [2.45, 2.75) is 31.0 Å². The Morgan fingerprint density at radius 3 is 2.48 bits per heavy atom. The summed E-state index contributed by atoms with van der Waals surface area (Å²) >= 11 is 7.88. The highest BCUT2D eigenvalue weighted by atomic mass is 35.5. The summed E-state index contributed by atoms with van der Waals surface area (Å²) in [5.74, 6) is 0.614. The number of nitrogens with one attached hydrogen (secondary N) is 1. The van der Waals surface area contributed by atoms with E-state index in [0.29, 0.717) is 17.9 Å². The van der Waals surface area contributed by atoms with Crippen LogP contribution in [0.1, 0.15) is 35.3 Å². The summed E-state index contributed by atoms with van der Waals surface area (Å²) in [5, 5.41) is 2.80. The minimum atomic E-state index is -3.48. The Hall–Kier alpha value is -1.51. The van der Waals surface area contributed by atoms with Gasteiger partial charge in [-0.05, 0) is 30.4 Å². The zero-order chi connectivity index (χ0) is 18.8. The molecular weight excluding hydrogens is 384 g/mol. The Balaban J connectivity index is 2.60. The van der Waals surface area contributed by atoms with E-state index in [-0.39, 0.29) is 21.0 Å². The highest BCUT2D eigenvalue weighted by Gasteiger charge is 2.24. The molecule has 0 amide bonds. The van der Waals surface area contributed by atoms with Crippen LogP contribution >= 0.6 is 23.4 Å². The zero-order valence-corrected chi connectivity index (χ0v) is 16.5. The van der Waals surface area contributed by atoms with Gasteiger partial charge in [0.25, 0.3) is 5.56 Å². The van der Waals surface area contributed by atoms with Gasteiger partial charge >= 0.3 is 0 Å². The monoisotopic (exact) mass is 402 g/mol. The van der Waals surface area contributed by atoms with Crippen LogP contribution in [0.2, 0.25) is 5.02 Å². The zero-order valence-electron chi connectivity index (χ0n) is 14.1. The molecule has 2 rings (SSSR count). The summed E-state index contributed by atoms with van der Waals surface area (Å²) in [6.45, 7) is 4.13. The minimum absolute atomic E-state index is 0.0232. The van der Waals surface area contributed by atoms with Crippen LogP contribution in [0, 0.1) is 0 Å². The van der Waals surface area contributed by atoms with Gasteiger partial charge in [0.15, 0.2) is 9.84 Å². The number of H-pyrrole nitrogens is 1. The number of aromatic nitrogens is 2. The standard InChI is InChI=1S/C16H19ClN2O4S2/c1-4-19-16(21)11(8-18-19)15(20)10-6-7-13(25(3,22)23)12(14(10)17)9-24-5-2/h6-8,18H,4-5,9H2,1-3H3. The number of aromatic amines is 1. The number of halogens is 1. The third-order valence-electron chi connectivity index (χ3n) is 3.70. The Labute approximate surface area is 155 Å². The highest BCUT2D eigenvalue weighted by molar-refractivity contribution is 7.98. The molecule has 0 aliphatic heterocycles. The second-order valence-electron chi connectivity index (χ2n) is 5.38. The van der Waals surface area contributed by atoms with E-state index in [4.69, 9.17) is 11.6 Å². The molecule has 0 saturated heterocycles. The number of carbonyl (C=O) groups excluding carboxylic acids is 1. The molecule has 0 aliphatic rings. The molecule has 0 atom stereocenters. The van der Waals surface area contributed by atoms with Gasteiger partial charge in [-0.15, -0.1) is 0 Å². The summed E-state index contributed by atoms with van der Waals surface area (Å²) < 4.78 is 25.3. The number of thioether (sulfide) groups is 1. The molecule has 0 spiro atoms. The average Bonchev–Trinajstić information content (AvgIpc) is 2.92. The molecule has 25 heavy (non-hydrogen) atoms. The van der Waals surface area contributed by atoms with E-state index in [1.54, 1.807) is 6.92 Å². The third-order valence-corrected chi connectivity index (χ3v) is 6.21. The number of rotatable bonds is 7. The summed E-state index contributed by atoms with van der Waals surface area (Å²) in [7, 11) is -3.48. The van der Waals surface area contributed by atoms with Crippen LogP contribution < -0.4 is 5.56 Å². The van der Waals surface area contributed by atoms with Gasteiger partial charge in [0.05, 0.1) is 9.92 Å². The second-order valence-corrected chi connectivity index (χ2v) is 9.02. The molecule has 6 nitrogen and oxygen atoms in total. The predicted octanol–water partition coefficient (Wildman–Crippen LogP) is 2.74. The molecule has 9 heteroatoms. The fourth-order valence-corrected chi connectivity index (χ4v) is 4.60. The second kappa shape index (κ2) is 7.80. The summed E-state index contributed by atoms with van der Waals surface area (Å²) in [6.07, 6.45) is 2.45. The Morgan fingerprint density at radius 1 is 1.28 bits per heavy atom. The van der Waals surface area contributed by atoms with Gasteiger partial charge in [-0.3, -0.25) is 14.3 Å². The number of benzene rings is 1. The maximum absolute atomic E-state index is 12.7. The SMILES string of the molecule is CCSCc1c(S(C)(=O)=O)ccc(C(=O)c2c[nH]n(CC)c2=O)c1Cl. The molecular formula is C16H19ClN2O4S2.